The summed E-state index contributed by atoms with van der Waals surface area (Å²) in [5, 5.41) is 3.52. The van der Waals surface area contributed by atoms with Crippen molar-refractivity contribution in [1.82, 2.24) is 5.32 Å². The second-order valence-electron chi connectivity index (χ2n) is 5.69. The largest absolute Gasteiger partial charge is 0.455 e. The molecule has 2 atom stereocenters. The summed E-state index contributed by atoms with van der Waals surface area (Å²) in [7, 11) is 0. The summed E-state index contributed by atoms with van der Waals surface area (Å²) in [6, 6.07) is 19.2. The van der Waals surface area contributed by atoms with E-state index >= 15 is 0 Å². The molecule has 0 saturated carbocycles. The number of para-hydroxylation sites is 3. The molecular formula is C18H22N2O. The van der Waals surface area contributed by atoms with Crippen molar-refractivity contribution in [1.29, 1.82) is 0 Å². The van der Waals surface area contributed by atoms with Gasteiger partial charge in [-0.15, -0.1) is 0 Å². The molecule has 2 aromatic carbocycles. The van der Waals surface area contributed by atoms with E-state index in [4.69, 9.17) is 4.74 Å². The van der Waals surface area contributed by atoms with E-state index in [1.54, 1.807) is 0 Å². The SMILES string of the molecule is CC1CN(c2ccccc2Oc2ccccc2)C(C)CN1. The van der Waals surface area contributed by atoms with E-state index < -0.39 is 0 Å². The smallest absolute Gasteiger partial charge is 0.150 e. The highest BCUT2D eigenvalue weighted by atomic mass is 16.5. The molecule has 1 saturated heterocycles. The van der Waals surface area contributed by atoms with Gasteiger partial charge in [0.15, 0.2) is 5.75 Å². The molecule has 3 rings (SSSR count). The molecular weight excluding hydrogens is 260 g/mol. The maximum absolute atomic E-state index is 6.08. The first kappa shape index (κ1) is 14.0. The lowest BCUT2D eigenvalue weighted by atomic mass is 10.1. The Hall–Kier alpha value is -2.00. The van der Waals surface area contributed by atoms with E-state index in [2.05, 4.69) is 36.2 Å². The molecule has 3 nitrogen and oxygen atoms in total. The quantitative estimate of drug-likeness (QED) is 0.929. The topological polar surface area (TPSA) is 24.5 Å². The van der Waals surface area contributed by atoms with E-state index in [1.165, 1.54) is 5.69 Å². The molecule has 110 valence electrons. The van der Waals surface area contributed by atoms with Crippen LogP contribution in [0.4, 0.5) is 5.69 Å². The molecule has 0 amide bonds. The number of anilines is 1. The first-order chi connectivity index (χ1) is 10.2. The van der Waals surface area contributed by atoms with Gasteiger partial charge in [-0.05, 0) is 38.1 Å². The molecule has 0 radical (unpaired) electrons. The Balaban J connectivity index is 1.88. The first-order valence-corrected chi connectivity index (χ1v) is 7.56. The number of nitrogens with zero attached hydrogens (tertiary/aromatic N) is 1. The van der Waals surface area contributed by atoms with Crippen molar-refractivity contribution in [3.05, 3.63) is 54.6 Å². The zero-order chi connectivity index (χ0) is 14.7. The lowest BCUT2D eigenvalue weighted by molar-refractivity contribution is 0.417. The fourth-order valence-electron chi connectivity index (χ4n) is 2.75. The number of hydrogen-bond acceptors (Lipinski definition) is 3. The van der Waals surface area contributed by atoms with Gasteiger partial charge in [0.05, 0.1) is 5.69 Å². The third kappa shape index (κ3) is 3.19. The zero-order valence-corrected chi connectivity index (χ0v) is 12.6. The van der Waals surface area contributed by atoms with Gasteiger partial charge in [0.2, 0.25) is 0 Å². The van der Waals surface area contributed by atoms with Crippen molar-refractivity contribution in [2.24, 2.45) is 0 Å². The van der Waals surface area contributed by atoms with Gasteiger partial charge in [-0.3, -0.25) is 0 Å². The number of benzene rings is 2. The van der Waals surface area contributed by atoms with E-state index in [1.807, 2.05) is 42.5 Å². The monoisotopic (exact) mass is 282 g/mol. The maximum Gasteiger partial charge on any atom is 0.150 e. The Morgan fingerprint density at radius 2 is 1.71 bits per heavy atom. The van der Waals surface area contributed by atoms with Crippen LogP contribution in [0, 0.1) is 0 Å². The molecule has 0 aliphatic carbocycles. The van der Waals surface area contributed by atoms with Crippen LogP contribution < -0.4 is 15.0 Å². The Morgan fingerprint density at radius 1 is 1.00 bits per heavy atom. The molecule has 0 spiro atoms. The van der Waals surface area contributed by atoms with Gasteiger partial charge >= 0.3 is 0 Å². The summed E-state index contributed by atoms with van der Waals surface area (Å²) in [6.07, 6.45) is 0. The number of rotatable bonds is 3. The van der Waals surface area contributed by atoms with Gasteiger partial charge in [-0.2, -0.15) is 0 Å². The summed E-state index contributed by atoms with van der Waals surface area (Å²) in [4.78, 5) is 2.43. The molecule has 3 heteroatoms. The van der Waals surface area contributed by atoms with Crippen molar-refractivity contribution in [3.8, 4) is 11.5 Å². The van der Waals surface area contributed by atoms with Crippen LogP contribution in [0.5, 0.6) is 11.5 Å². The van der Waals surface area contributed by atoms with Crippen molar-refractivity contribution in [2.75, 3.05) is 18.0 Å². The minimum Gasteiger partial charge on any atom is -0.455 e. The van der Waals surface area contributed by atoms with Gasteiger partial charge in [0.1, 0.15) is 5.75 Å². The first-order valence-electron chi connectivity index (χ1n) is 7.56. The summed E-state index contributed by atoms with van der Waals surface area (Å²) < 4.78 is 6.08. The minimum atomic E-state index is 0.460. The molecule has 1 heterocycles. The van der Waals surface area contributed by atoms with Crippen LogP contribution >= 0.6 is 0 Å². The Kier molecular flexibility index (Phi) is 4.11. The normalized spacial score (nSPS) is 22.1. The highest BCUT2D eigenvalue weighted by molar-refractivity contribution is 5.60. The lowest BCUT2D eigenvalue weighted by Crippen LogP contribution is -2.54. The van der Waals surface area contributed by atoms with Crippen LogP contribution in [0.2, 0.25) is 0 Å². The average molecular weight is 282 g/mol. The van der Waals surface area contributed by atoms with Crippen LogP contribution in [0.15, 0.2) is 54.6 Å². The standard InChI is InChI=1S/C18H22N2O/c1-14-13-20(15(2)12-19-14)17-10-6-7-11-18(17)21-16-8-4-3-5-9-16/h3-11,14-15,19H,12-13H2,1-2H3. The van der Waals surface area contributed by atoms with Crippen molar-refractivity contribution in [2.45, 2.75) is 25.9 Å². The van der Waals surface area contributed by atoms with Crippen molar-refractivity contribution < 1.29 is 4.74 Å². The average Bonchev–Trinajstić information content (AvgIpc) is 2.51. The highest BCUT2D eigenvalue weighted by Gasteiger charge is 2.24. The maximum atomic E-state index is 6.08. The second kappa shape index (κ2) is 6.19. The lowest BCUT2D eigenvalue weighted by Gasteiger charge is -2.39. The molecule has 21 heavy (non-hydrogen) atoms. The van der Waals surface area contributed by atoms with E-state index in [0.717, 1.165) is 24.6 Å². The second-order valence-corrected chi connectivity index (χ2v) is 5.69. The van der Waals surface area contributed by atoms with E-state index in [9.17, 15) is 0 Å². The van der Waals surface area contributed by atoms with Crippen LogP contribution in [-0.4, -0.2) is 25.2 Å². The third-order valence-electron chi connectivity index (χ3n) is 3.91. The third-order valence-corrected chi connectivity index (χ3v) is 3.91. The molecule has 2 aromatic rings. The number of piperazine rings is 1. The summed E-state index contributed by atoms with van der Waals surface area (Å²) in [5.41, 5.74) is 1.17. The molecule has 1 fully saturated rings. The van der Waals surface area contributed by atoms with Gasteiger partial charge in [0, 0.05) is 25.2 Å². The molecule has 1 aliphatic rings. The fraction of sp³-hybridized carbons (Fsp3) is 0.333. The van der Waals surface area contributed by atoms with Crippen LogP contribution in [0.3, 0.4) is 0 Å². The molecule has 1 aliphatic heterocycles. The van der Waals surface area contributed by atoms with Crippen LogP contribution in [0.1, 0.15) is 13.8 Å². The van der Waals surface area contributed by atoms with Gasteiger partial charge in [-0.1, -0.05) is 30.3 Å². The molecule has 1 N–H and O–H groups in total. The number of ether oxygens (including phenoxy) is 1. The number of hydrogen-bond donors (Lipinski definition) is 1. The summed E-state index contributed by atoms with van der Waals surface area (Å²) >= 11 is 0. The van der Waals surface area contributed by atoms with Crippen molar-refractivity contribution in [3.63, 3.8) is 0 Å². The Labute approximate surface area is 126 Å². The van der Waals surface area contributed by atoms with Crippen LogP contribution in [-0.2, 0) is 0 Å². The van der Waals surface area contributed by atoms with Gasteiger partial charge < -0.3 is 15.0 Å². The fourth-order valence-corrected chi connectivity index (χ4v) is 2.75. The van der Waals surface area contributed by atoms with Crippen molar-refractivity contribution >= 4 is 5.69 Å². The Bertz CT molecular complexity index is 585. The predicted octanol–water partition coefficient (Wildman–Crippen LogP) is 3.67. The van der Waals surface area contributed by atoms with E-state index in [-0.39, 0.29) is 0 Å². The summed E-state index contributed by atoms with van der Waals surface area (Å²) in [5.74, 6) is 1.80. The zero-order valence-electron chi connectivity index (χ0n) is 12.6. The van der Waals surface area contributed by atoms with E-state index in [0.29, 0.717) is 12.1 Å². The number of nitrogens with one attached hydrogen (secondary N) is 1. The minimum absolute atomic E-state index is 0.460. The predicted molar refractivity (Wildman–Crippen MR) is 87.2 cm³/mol. The molecule has 2 unspecified atom stereocenters. The Morgan fingerprint density at radius 3 is 2.52 bits per heavy atom. The van der Waals surface area contributed by atoms with Gasteiger partial charge in [0.25, 0.3) is 0 Å². The highest BCUT2D eigenvalue weighted by Crippen LogP contribution is 2.33. The molecule has 0 bridgehead atoms. The summed E-state index contributed by atoms with van der Waals surface area (Å²) in [6.45, 7) is 6.47. The van der Waals surface area contributed by atoms with Crippen LogP contribution in [0.25, 0.3) is 0 Å². The molecule has 0 aromatic heterocycles. The van der Waals surface area contributed by atoms with Gasteiger partial charge in [-0.25, -0.2) is 0 Å².